The van der Waals surface area contributed by atoms with Crippen molar-refractivity contribution in [3.8, 4) is 0 Å². The largest absolute Gasteiger partial charge is 0.326 e. The van der Waals surface area contributed by atoms with Crippen molar-refractivity contribution in [3.63, 3.8) is 0 Å². The zero-order valence-corrected chi connectivity index (χ0v) is 14.9. The van der Waals surface area contributed by atoms with Gasteiger partial charge in [0.1, 0.15) is 0 Å². The fourth-order valence-electron chi connectivity index (χ4n) is 3.01. The molecule has 1 unspecified atom stereocenters. The lowest BCUT2D eigenvalue weighted by molar-refractivity contribution is 0.0979. The average Bonchev–Trinajstić information content (AvgIpc) is 2.70. The van der Waals surface area contributed by atoms with E-state index in [1.54, 1.807) is 0 Å². The first-order valence-corrected chi connectivity index (χ1v) is 8.83. The van der Waals surface area contributed by atoms with Crippen LogP contribution in [0.4, 0.5) is 0 Å². The number of hydrogen-bond acceptors (Lipinski definition) is 2. The quantitative estimate of drug-likeness (QED) is 0.798. The third-order valence-electron chi connectivity index (χ3n) is 4.70. The van der Waals surface area contributed by atoms with Crippen LogP contribution in [0.25, 0.3) is 0 Å². The van der Waals surface area contributed by atoms with Gasteiger partial charge in [-0.15, -0.1) is 0 Å². The van der Waals surface area contributed by atoms with Gasteiger partial charge in [-0.05, 0) is 86.5 Å². The zero-order chi connectivity index (χ0) is 14.6. The zero-order valence-electron chi connectivity index (χ0n) is 12.7. The van der Waals surface area contributed by atoms with Crippen LogP contribution in [-0.2, 0) is 6.42 Å². The Kier molecular flexibility index (Phi) is 5.87. The first-order valence-electron chi connectivity index (χ1n) is 7.75. The van der Waals surface area contributed by atoms with Crippen molar-refractivity contribution in [3.05, 3.63) is 33.4 Å². The van der Waals surface area contributed by atoms with Crippen molar-refractivity contribution < 1.29 is 0 Å². The van der Waals surface area contributed by atoms with Gasteiger partial charge in [-0.3, -0.25) is 4.90 Å². The Morgan fingerprint density at radius 1 is 1.10 bits per heavy atom. The Hall–Kier alpha value is -0.130. The second kappa shape index (κ2) is 7.23. The molecule has 3 heteroatoms. The van der Waals surface area contributed by atoms with Crippen molar-refractivity contribution in [2.24, 2.45) is 5.73 Å². The molecular formula is C17H27IN2. The molecule has 0 saturated carbocycles. The minimum absolute atomic E-state index is 0.0767. The molecule has 0 amide bonds. The summed E-state index contributed by atoms with van der Waals surface area (Å²) in [6.07, 6.45) is 6.34. The fraction of sp³-hybridized carbons (Fsp3) is 0.647. The van der Waals surface area contributed by atoms with Gasteiger partial charge in [0.05, 0.1) is 0 Å². The van der Waals surface area contributed by atoms with Crippen LogP contribution < -0.4 is 5.73 Å². The van der Waals surface area contributed by atoms with Crippen molar-refractivity contribution >= 4 is 22.6 Å². The molecule has 20 heavy (non-hydrogen) atoms. The van der Waals surface area contributed by atoms with E-state index >= 15 is 0 Å². The van der Waals surface area contributed by atoms with E-state index in [0.717, 1.165) is 6.42 Å². The first-order chi connectivity index (χ1) is 9.50. The molecule has 1 aliphatic rings. The van der Waals surface area contributed by atoms with E-state index in [-0.39, 0.29) is 11.6 Å². The summed E-state index contributed by atoms with van der Waals surface area (Å²) in [5, 5.41) is 0. The number of rotatable bonds is 4. The van der Waals surface area contributed by atoms with Crippen LogP contribution in [0, 0.1) is 3.57 Å². The van der Waals surface area contributed by atoms with Gasteiger partial charge in [-0.25, -0.2) is 0 Å². The third-order valence-corrected chi connectivity index (χ3v) is 5.42. The standard InChI is InChI=1S/C17H27IN2/c1-17(2,20-11-5-3-4-6-12-20)16(19)13-14-7-9-15(18)10-8-14/h7-10,16H,3-6,11-13,19H2,1-2H3. The molecule has 1 fully saturated rings. The lowest BCUT2D eigenvalue weighted by Crippen LogP contribution is -2.57. The highest BCUT2D eigenvalue weighted by atomic mass is 127. The smallest absolute Gasteiger partial charge is 0.0307 e. The highest BCUT2D eigenvalue weighted by molar-refractivity contribution is 14.1. The molecule has 2 N–H and O–H groups in total. The van der Waals surface area contributed by atoms with E-state index in [1.165, 1.54) is 47.9 Å². The maximum Gasteiger partial charge on any atom is 0.0307 e. The molecule has 112 valence electrons. The molecule has 0 spiro atoms. The second-order valence-electron chi connectivity index (χ2n) is 6.49. The lowest BCUT2D eigenvalue weighted by atomic mass is 9.88. The van der Waals surface area contributed by atoms with Crippen LogP contribution >= 0.6 is 22.6 Å². The summed E-state index contributed by atoms with van der Waals surface area (Å²) in [6.45, 7) is 7.03. The number of hydrogen-bond donors (Lipinski definition) is 1. The summed E-state index contributed by atoms with van der Waals surface area (Å²) in [6, 6.07) is 8.93. The molecule has 1 aromatic rings. The van der Waals surface area contributed by atoms with Crippen LogP contribution in [0.5, 0.6) is 0 Å². The number of nitrogens with zero attached hydrogens (tertiary/aromatic N) is 1. The van der Waals surface area contributed by atoms with E-state index < -0.39 is 0 Å². The van der Waals surface area contributed by atoms with Gasteiger partial charge < -0.3 is 5.73 Å². The summed E-state index contributed by atoms with van der Waals surface area (Å²) >= 11 is 2.35. The van der Waals surface area contributed by atoms with E-state index in [1.807, 2.05) is 0 Å². The van der Waals surface area contributed by atoms with E-state index in [4.69, 9.17) is 5.73 Å². The summed E-state index contributed by atoms with van der Waals surface area (Å²) in [5.41, 5.74) is 7.98. The van der Waals surface area contributed by atoms with E-state index in [0.29, 0.717) is 0 Å². The normalized spacial score (nSPS) is 19.6. The summed E-state index contributed by atoms with van der Waals surface area (Å²) in [5.74, 6) is 0. The van der Waals surface area contributed by atoms with Gasteiger partial charge in [0, 0.05) is 15.2 Å². The Bertz CT molecular complexity index is 406. The van der Waals surface area contributed by atoms with Crippen LogP contribution in [0.2, 0.25) is 0 Å². The SMILES string of the molecule is CC(C)(C(N)Cc1ccc(I)cc1)N1CCCCCC1. The predicted molar refractivity (Wildman–Crippen MR) is 95.0 cm³/mol. The fourth-order valence-corrected chi connectivity index (χ4v) is 3.37. The van der Waals surface area contributed by atoms with Gasteiger partial charge in [-0.1, -0.05) is 25.0 Å². The van der Waals surface area contributed by atoms with Crippen molar-refractivity contribution in [2.75, 3.05) is 13.1 Å². The topological polar surface area (TPSA) is 29.3 Å². The maximum absolute atomic E-state index is 6.56. The Balaban J connectivity index is 2.01. The van der Waals surface area contributed by atoms with Crippen LogP contribution in [0.15, 0.2) is 24.3 Å². The Morgan fingerprint density at radius 2 is 1.65 bits per heavy atom. The molecule has 1 heterocycles. The molecule has 0 radical (unpaired) electrons. The van der Waals surface area contributed by atoms with Gasteiger partial charge in [0.15, 0.2) is 0 Å². The molecule has 1 aromatic carbocycles. The van der Waals surface area contributed by atoms with Crippen molar-refractivity contribution in [2.45, 2.75) is 57.5 Å². The third kappa shape index (κ3) is 4.18. The van der Waals surface area contributed by atoms with E-state index in [9.17, 15) is 0 Å². The van der Waals surface area contributed by atoms with Crippen LogP contribution in [0.3, 0.4) is 0 Å². The average molecular weight is 386 g/mol. The predicted octanol–water partition coefficient (Wildman–Crippen LogP) is 3.82. The van der Waals surface area contributed by atoms with Crippen LogP contribution in [-0.4, -0.2) is 29.6 Å². The Morgan fingerprint density at radius 3 is 2.20 bits per heavy atom. The first kappa shape index (κ1) is 16.2. The number of nitrogens with two attached hydrogens (primary N) is 1. The second-order valence-corrected chi connectivity index (χ2v) is 7.74. The van der Waals surface area contributed by atoms with Crippen molar-refractivity contribution in [1.82, 2.24) is 4.90 Å². The molecule has 1 atom stereocenters. The number of halogens is 1. The lowest BCUT2D eigenvalue weighted by Gasteiger charge is -2.42. The van der Waals surface area contributed by atoms with Gasteiger partial charge in [-0.2, -0.15) is 0 Å². The van der Waals surface area contributed by atoms with Crippen LogP contribution in [0.1, 0.15) is 45.1 Å². The summed E-state index contributed by atoms with van der Waals surface area (Å²) in [7, 11) is 0. The molecule has 0 bridgehead atoms. The monoisotopic (exact) mass is 386 g/mol. The number of benzene rings is 1. The van der Waals surface area contributed by atoms with Gasteiger partial charge in [0.2, 0.25) is 0 Å². The molecule has 2 nitrogen and oxygen atoms in total. The molecule has 0 aromatic heterocycles. The Labute approximate surface area is 137 Å². The summed E-state index contributed by atoms with van der Waals surface area (Å²) in [4.78, 5) is 2.61. The molecule has 2 rings (SSSR count). The number of likely N-dealkylation sites (tertiary alicyclic amines) is 1. The van der Waals surface area contributed by atoms with Crippen molar-refractivity contribution in [1.29, 1.82) is 0 Å². The highest BCUT2D eigenvalue weighted by Crippen LogP contribution is 2.24. The minimum Gasteiger partial charge on any atom is -0.326 e. The molecule has 1 aliphatic heterocycles. The summed E-state index contributed by atoms with van der Waals surface area (Å²) < 4.78 is 1.28. The van der Waals surface area contributed by atoms with Gasteiger partial charge >= 0.3 is 0 Å². The maximum atomic E-state index is 6.56. The minimum atomic E-state index is 0.0767. The molecular weight excluding hydrogens is 359 g/mol. The molecule has 1 saturated heterocycles. The van der Waals surface area contributed by atoms with E-state index in [2.05, 4.69) is 65.6 Å². The highest BCUT2D eigenvalue weighted by Gasteiger charge is 2.33. The van der Waals surface area contributed by atoms with Gasteiger partial charge in [0.25, 0.3) is 0 Å². The molecule has 0 aliphatic carbocycles.